The van der Waals surface area contributed by atoms with Crippen LogP contribution in [-0.2, 0) is 16.0 Å². The first-order chi connectivity index (χ1) is 15.1. The van der Waals surface area contributed by atoms with Crippen molar-refractivity contribution in [2.45, 2.75) is 32.1 Å². The summed E-state index contributed by atoms with van der Waals surface area (Å²) in [5, 5.41) is 14.1. The molecule has 0 saturated carbocycles. The van der Waals surface area contributed by atoms with Crippen LogP contribution < -0.4 is 5.32 Å². The van der Waals surface area contributed by atoms with Crippen LogP contribution in [0.1, 0.15) is 31.2 Å². The fourth-order valence-electron chi connectivity index (χ4n) is 4.15. The Kier molecular flexibility index (Phi) is 8.63. The van der Waals surface area contributed by atoms with Crippen molar-refractivity contribution in [1.82, 2.24) is 15.1 Å². The summed E-state index contributed by atoms with van der Waals surface area (Å²) in [7, 11) is 1.80. The predicted octanol–water partition coefficient (Wildman–Crippen LogP) is 2.06. The SMILES string of the molecule is CN=C(NCCCCc1ccc([N+](=O)[O-])cc1)N1CCC(C(=O)N2CCOCC2)CC1. The Hall–Kier alpha value is -2.68. The van der Waals surface area contributed by atoms with Crippen LogP contribution in [-0.4, -0.2) is 79.6 Å². The maximum absolute atomic E-state index is 12.7. The number of non-ortho nitro benzene ring substituents is 1. The Morgan fingerprint density at radius 2 is 1.81 bits per heavy atom. The first kappa shape index (κ1) is 23.0. The number of ether oxygens (including phenoxy) is 1. The first-order valence-corrected chi connectivity index (χ1v) is 11.1. The average Bonchev–Trinajstić information content (AvgIpc) is 2.82. The summed E-state index contributed by atoms with van der Waals surface area (Å²) >= 11 is 0. The number of benzene rings is 1. The fraction of sp³-hybridized carbons (Fsp3) is 0.636. The third-order valence-corrected chi connectivity index (χ3v) is 6.00. The van der Waals surface area contributed by atoms with E-state index in [-0.39, 0.29) is 22.4 Å². The molecule has 2 heterocycles. The van der Waals surface area contributed by atoms with Crippen molar-refractivity contribution in [3.63, 3.8) is 0 Å². The number of unbranched alkanes of at least 4 members (excludes halogenated alkanes) is 1. The molecule has 2 fully saturated rings. The lowest BCUT2D eigenvalue weighted by atomic mass is 9.95. The Bertz CT molecular complexity index is 754. The maximum atomic E-state index is 12.7. The zero-order valence-corrected chi connectivity index (χ0v) is 18.3. The molecule has 31 heavy (non-hydrogen) atoms. The number of aliphatic imine (C=N–C) groups is 1. The molecular weight excluding hydrogens is 398 g/mol. The van der Waals surface area contributed by atoms with Gasteiger partial charge in [0.15, 0.2) is 5.96 Å². The molecule has 2 aliphatic heterocycles. The fourth-order valence-corrected chi connectivity index (χ4v) is 4.15. The van der Waals surface area contributed by atoms with Gasteiger partial charge in [-0.2, -0.15) is 0 Å². The van der Waals surface area contributed by atoms with E-state index in [4.69, 9.17) is 4.74 Å². The van der Waals surface area contributed by atoms with Crippen LogP contribution in [0, 0.1) is 16.0 Å². The van der Waals surface area contributed by atoms with Gasteiger partial charge < -0.3 is 19.9 Å². The van der Waals surface area contributed by atoms with Crippen LogP contribution in [0.4, 0.5) is 5.69 Å². The molecular formula is C22H33N5O4. The Morgan fingerprint density at radius 3 is 2.42 bits per heavy atom. The number of rotatable bonds is 7. The molecule has 9 nitrogen and oxygen atoms in total. The van der Waals surface area contributed by atoms with Gasteiger partial charge in [0.25, 0.3) is 5.69 Å². The number of aryl methyl sites for hydroxylation is 1. The van der Waals surface area contributed by atoms with Crippen LogP contribution in [0.2, 0.25) is 0 Å². The number of morpholine rings is 1. The van der Waals surface area contributed by atoms with Gasteiger partial charge in [-0.05, 0) is 37.7 Å². The summed E-state index contributed by atoms with van der Waals surface area (Å²) in [5.74, 6) is 1.28. The van der Waals surface area contributed by atoms with E-state index in [0.717, 1.165) is 63.3 Å². The zero-order chi connectivity index (χ0) is 22.1. The number of nitro groups is 1. The van der Waals surface area contributed by atoms with Crippen molar-refractivity contribution in [3.8, 4) is 0 Å². The highest BCUT2D eigenvalue weighted by molar-refractivity contribution is 5.81. The second-order valence-electron chi connectivity index (χ2n) is 8.05. The van der Waals surface area contributed by atoms with Crippen molar-refractivity contribution in [1.29, 1.82) is 0 Å². The molecule has 1 amide bonds. The number of hydrogen-bond donors (Lipinski definition) is 1. The summed E-state index contributed by atoms with van der Waals surface area (Å²) < 4.78 is 5.34. The molecule has 0 atom stereocenters. The van der Waals surface area contributed by atoms with Gasteiger partial charge in [0.1, 0.15) is 0 Å². The molecule has 0 aliphatic carbocycles. The van der Waals surface area contributed by atoms with Gasteiger partial charge in [-0.25, -0.2) is 0 Å². The first-order valence-electron chi connectivity index (χ1n) is 11.1. The van der Waals surface area contributed by atoms with Crippen molar-refractivity contribution in [3.05, 3.63) is 39.9 Å². The molecule has 2 aliphatic rings. The second kappa shape index (κ2) is 11.6. The van der Waals surface area contributed by atoms with Crippen molar-refractivity contribution in [2.75, 3.05) is 53.0 Å². The second-order valence-corrected chi connectivity index (χ2v) is 8.05. The standard InChI is InChI=1S/C22H33N5O4/c1-23-22(24-11-3-2-4-18-5-7-20(8-6-18)27(29)30)26-12-9-19(10-13-26)21(28)25-14-16-31-17-15-25/h5-8,19H,2-4,9-17H2,1H3,(H,23,24). The molecule has 1 N–H and O–H groups in total. The minimum absolute atomic E-state index is 0.106. The number of nitrogens with zero attached hydrogens (tertiary/aromatic N) is 4. The van der Waals surface area contributed by atoms with Gasteiger partial charge >= 0.3 is 0 Å². The highest BCUT2D eigenvalue weighted by Gasteiger charge is 2.30. The third-order valence-electron chi connectivity index (χ3n) is 6.00. The summed E-state index contributed by atoms with van der Waals surface area (Å²) in [6, 6.07) is 6.77. The maximum Gasteiger partial charge on any atom is 0.269 e. The van der Waals surface area contributed by atoms with Crippen LogP contribution in [0.3, 0.4) is 0 Å². The normalized spacial score (nSPS) is 18.2. The number of piperidine rings is 1. The monoisotopic (exact) mass is 431 g/mol. The van der Waals surface area contributed by atoms with E-state index >= 15 is 0 Å². The van der Waals surface area contributed by atoms with E-state index in [1.54, 1.807) is 19.2 Å². The lowest BCUT2D eigenvalue weighted by Crippen LogP contribution is -2.50. The summed E-state index contributed by atoms with van der Waals surface area (Å²) in [4.78, 5) is 31.6. The van der Waals surface area contributed by atoms with E-state index in [1.165, 1.54) is 0 Å². The van der Waals surface area contributed by atoms with Crippen LogP contribution >= 0.6 is 0 Å². The molecule has 0 aromatic heterocycles. The van der Waals surface area contributed by atoms with Crippen LogP contribution in [0.25, 0.3) is 0 Å². The number of guanidine groups is 1. The van der Waals surface area contributed by atoms with E-state index in [0.29, 0.717) is 26.3 Å². The predicted molar refractivity (Wildman–Crippen MR) is 119 cm³/mol. The van der Waals surface area contributed by atoms with Crippen molar-refractivity contribution < 1.29 is 14.5 Å². The molecule has 170 valence electrons. The van der Waals surface area contributed by atoms with E-state index < -0.39 is 0 Å². The number of likely N-dealkylation sites (tertiary alicyclic amines) is 1. The molecule has 1 aromatic carbocycles. The van der Waals surface area contributed by atoms with Gasteiger partial charge in [0.05, 0.1) is 18.1 Å². The molecule has 9 heteroatoms. The van der Waals surface area contributed by atoms with Gasteiger partial charge in [-0.3, -0.25) is 19.9 Å². The topological polar surface area (TPSA) is 100 Å². The lowest BCUT2D eigenvalue weighted by molar-refractivity contribution is -0.384. The largest absolute Gasteiger partial charge is 0.378 e. The molecule has 1 aromatic rings. The molecule has 0 unspecified atom stereocenters. The van der Waals surface area contributed by atoms with Gasteiger partial charge in [-0.1, -0.05) is 12.1 Å². The molecule has 0 spiro atoms. The average molecular weight is 432 g/mol. The Labute approximate surface area is 183 Å². The van der Waals surface area contributed by atoms with Crippen molar-refractivity contribution in [2.24, 2.45) is 10.9 Å². The minimum atomic E-state index is -0.374. The minimum Gasteiger partial charge on any atom is -0.378 e. The molecule has 2 saturated heterocycles. The smallest absolute Gasteiger partial charge is 0.269 e. The highest BCUT2D eigenvalue weighted by atomic mass is 16.6. The third kappa shape index (κ3) is 6.65. The quantitative estimate of drug-likeness (QED) is 0.233. The van der Waals surface area contributed by atoms with Gasteiger partial charge in [0, 0.05) is 57.8 Å². The summed E-state index contributed by atoms with van der Waals surface area (Å²) in [5.41, 5.74) is 1.24. The Morgan fingerprint density at radius 1 is 1.13 bits per heavy atom. The van der Waals surface area contributed by atoms with Crippen molar-refractivity contribution >= 4 is 17.6 Å². The molecule has 0 bridgehead atoms. The number of carbonyl (C=O) groups excluding carboxylic acids is 1. The van der Waals surface area contributed by atoms with E-state index in [9.17, 15) is 14.9 Å². The number of nitro benzene ring substituents is 1. The van der Waals surface area contributed by atoms with Gasteiger partial charge in [0.2, 0.25) is 5.91 Å². The summed E-state index contributed by atoms with van der Waals surface area (Å²) in [6.45, 7) is 5.21. The summed E-state index contributed by atoms with van der Waals surface area (Å²) in [6.07, 6.45) is 4.60. The zero-order valence-electron chi connectivity index (χ0n) is 18.3. The van der Waals surface area contributed by atoms with E-state index in [1.807, 2.05) is 17.0 Å². The number of hydrogen-bond acceptors (Lipinski definition) is 5. The van der Waals surface area contributed by atoms with Crippen LogP contribution in [0.5, 0.6) is 0 Å². The van der Waals surface area contributed by atoms with Gasteiger partial charge in [-0.15, -0.1) is 0 Å². The van der Waals surface area contributed by atoms with Crippen LogP contribution in [0.15, 0.2) is 29.3 Å². The molecule has 3 rings (SSSR count). The number of carbonyl (C=O) groups is 1. The molecule has 0 radical (unpaired) electrons. The number of amides is 1. The highest BCUT2D eigenvalue weighted by Crippen LogP contribution is 2.20. The number of nitrogens with one attached hydrogen (secondary N) is 1. The van der Waals surface area contributed by atoms with E-state index in [2.05, 4.69) is 15.2 Å². The lowest BCUT2D eigenvalue weighted by Gasteiger charge is -2.36. The Balaban J connectivity index is 1.34.